The average Bonchev–Trinajstić information content (AvgIpc) is 3.34. The van der Waals surface area contributed by atoms with Gasteiger partial charge in [-0.2, -0.15) is 5.10 Å². The molecule has 2 fully saturated rings. The minimum absolute atomic E-state index is 0.00801. The van der Waals surface area contributed by atoms with E-state index in [1.165, 1.54) is 86.8 Å². The molecule has 0 saturated heterocycles. The molecule has 0 heterocycles. The van der Waals surface area contributed by atoms with E-state index in [9.17, 15) is 40.5 Å². The molecule has 4 aromatic rings. The van der Waals surface area contributed by atoms with Gasteiger partial charge >= 0.3 is 11.4 Å². The van der Waals surface area contributed by atoms with E-state index in [2.05, 4.69) is 64.8 Å². The van der Waals surface area contributed by atoms with Gasteiger partial charge in [-0.25, -0.2) is 5.43 Å². The smallest absolute Gasteiger partial charge is 0.301 e. The van der Waals surface area contributed by atoms with Crippen LogP contribution in [0.4, 0.5) is 34.1 Å². The molecule has 14 rings (SSSR count). The Morgan fingerprint density at radius 3 is 1.47 bits per heavy atom. The minimum atomic E-state index is -1.03. The average molecular weight is 901 g/mol. The Bertz CT molecular complexity index is 2410. The largest absolute Gasteiger partial charge is 0.315 e. The molecule has 10 aliphatic carbocycles. The quantitative estimate of drug-likeness (QED) is 0.100. The second-order valence-corrected chi connectivity index (χ2v) is 19.2. The van der Waals surface area contributed by atoms with Crippen molar-refractivity contribution in [2.24, 2.45) is 34.7 Å². The number of rotatable bonds is 10. The number of hydrazone groups is 1. The zero-order valence-corrected chi connectivity index (χ0v) is 37.4. The van der Waals surface area contributed by atoms with Crippen molar-refractivity contribution in [1.29, 1.82) is 0 Å². The lowest BCUT2D eigenvalue weighted by molar-refractivity contribution is -0.393. The van der Waals surface area contributed by atoms with Crippen molar-refractivity contribution >= 4 is 39.8 Å². The Labute approximate surface area is 384 Å². The summed E-state index contributed by atoms with van der Waals surface area (Å²) in [6.07, 6.45) is 19.6. The molecule has 0 radical (unpaired) electrons. The Balaban J connectivity index is 1.33. The molecule has 4 aromatic carbocycles. The minimum Gasteiger partial charge on any atom is -0.315 e. The summed E-state index contributed by atoms with van der Waals surface area (Å²) < 4.78 is 0. The van der Waals surface area contributed by atoms with Crippen molar-refractivity contribution in [3.05, 3.63) is 148 Å². The van der Waals surface area contributed by atoms with E-state index in [-0.39, 0.29) is 11.4 Å². The Hall–Kier alpha value is -6.29. The molecule has 2 atom stereocenters. The van der Waals surface area contributed by atoms with E-state index in [1.807, 2.05) is 0 Å². The summed E-state index contributed by atoms with van der Waals surface area (Å²) in [7, 11) is 0. The number of nitrogens with one attached hydrogen (secondary N) is 3. The van der Waals surface area contributed by atoms with Crippen LogP contribution in [0, 0.1) is 70.0 Å². The number of hydrazine groups is 1. The van der Waals surface area contributed by atoms with Gasteiger partial charge in [0.05, 0.1) is 43.1 Å². The maximum atomic E-state index is 12.6. The Morgan fingerprint density at radius 1 is 0.500 bits per heavy atom. The van der Waals surface area contributed by atoms with Gasteiger partial charge in [0, 0.05) is 18.1 Å². The zero-order valence-electron chi connectivity index (χ0n) is 37.4. The standard InChI is InChI=1S/C50H60N8O8/c59-55(60)42-26-29-45(47(32-42)57(63)64)51-53-49-40-22-17-36(18-23-40)6-1-4-35-13-15-39(16-14-35)21-28-44(49)50(54-52-46-30-27-43(56(61)62)33-48(46)58(65)66)31-3-8-38-11-9-34(10-12-38)5-2-7-37-19-24-41(50)25-20-37/h17-20,22-27,29-30,32-35,38-39,44,51-52,54H,1-16,21,28,31H2/b53-49-/t34?,35?,38?,39?,44-,50-/m0/s1. The number of nitro groups is 4. The molecule has 0 unspecified atom stereocenters. The van der Waals surface area contributed by atoms with Crippen molar-refractivity contribution in [2.75, 3.05) is 10.9 Å². The van der Waals surface area contributed by atoms with E-state index in [1.54, 1.807) is 0 Å². The number of nitrogens with zero attached hydrogens (tertiary/aromatic N) is 5. The summed E-state index contributed by atoms with van der Waals surface area (Å²) in [5.41, 5.74) is 12.0. The third kappa shape index (κ3) is 10.9. The van der Waals surface area contributed by atoms with E-state index in [4.69, 9.17) is 5.10 Å². The van der Waals surface area contributed by atoms with Crippen molar-refractivity contribution < 1.29 is 19.7 Å². The number of anilines is 2. The SMILES string of the molecule is O=[N+]([O-])c1ccc(N/N=C2/c3ccc(cc3)CCCC3CCC(CC3)CC[C@@H]2[C@]2(NNc3ccc([N+](=O)[O-])cc3[N+](=O)[O-])CCCC3CCC(CCCc4ccc2cc4)CC3)c([N+](=O)[O-])c1. The van der Waals surface area contributed by atoms with E-state index in [0.29, 0.717) is 36.3 Å². The van der Waals surface area contributed by atoms with Gasteiger partial charge in [-0.3, -0.25) is 45.9 Å². The van der Waals surface area contributed by atoms with Crippen LogP contribution in [0.25, 0.3) is 0 Å². The maximum Gasteiger partial charge on any atom is 0.301 e. The fraction of sp³-hybridized carbons (Fsp3) is 0.500. The monoisotopic (exact) mass is 900 g/mol. The number of hydrogen-bond acceptors (Lipinski definition) is 12. The molecule has 16 nitrogen and oxygen atoms in total. The lowest BCUT2D eigenvalue weighted by atomic mass is 9.67. The highest BCUT2D eigenvalue weighted by Gasteiger charge is 2.45. The number of hydrogen-bond donors (Lipinski definition) is 3. The highest BCUT2D eigenvalue weighted by Crippen LogP contribution is 2.45. The molecular weight excluding hydrogens is 841 g/mol. The summed E-state index contributed by atoms with van der Waals surface area (Å²) >= 11 is 0. The van der Waals surface area contributed by atoms with Crippen LogP contribution in [0.15, 0.2) is 90.0 Å². The molecular formula is C50H60N8O8. The normalized spacial score (nSPS) is 25.5. The second kappa shape index (κ2) is 20.9. The molecule has 348 valence electrons. The molecule has 16 heteroatoms. The van der Waals surface area contributed by atoms with Gasteiger partial charge in [-0.05, 0) is 103 Å². The van der Waals surface area contributed by atoms with Gasteiger partial charge in [-0.15, -0.1) is 0 Å². The summed E-state index contributed by atoms with van der Waals surface area (Å²) in [4.78, 5) is 45.9. The maximum absolute atomic E-state index is 12.6. The summed E-state index contributed by atoms with van der Waals surface area (Å²) in [6, 6.07) is 24.0. The second-order valence-electron chi connectivity index (χ2n) is 19.2. The summed E-state index contributed by atoms with van der Waals surface area (Å²) in [5, 5.41) is 53.7. The lowest BCUT2D eigenvalue weighted by Crippen LogP contribution is -2.54. The van der Waals surface area contributed by atoms with Crippen molar-refractivity contribution in [3.63, 3.8) is 0 Å². The predicted octanol–water partition coefficient (Wildman–Crippen LogP) is 12.5. The van der Waals surface area contributed by atoms with Crippen molar-refractivity contribution in [2.45, 2.75) is 128 Å². The van der Waals surface area contributed by atoms with Gasteiger partial charge in [-0.1, -0.05) is 126 Å². The van der Waals surface area contributed by atoms with Crippen LogP contribution < -0.4 is 16.3 Å². The van der Waals surface area contributed by atoms with Crippen molar-refractivity contribution in [3.8, 4) is 0 Å². The first-order valence-corrected chi connectivity index (χ1v) is 23.9. The van der Waals surface area contributed by atoms with Crippen molar-refractivity contribution in [1.82, 2.24) is 5.43 Å². The lowest BCUT2D eigenvalue weighted by Gasteiger charge is -2.44. The third-order valence-corrected chi connectivity index (χ3v) is 15.3. The number of aryl methyl sites for hydroxylation is 2. The summed E-state index contributed by atoms with van der Waals surface area (Å²) in [5.74, 6) is 1.95. The first kappa shape index (κ1) is 46.2. The fourth-order valence-corrected chi connectivity index (χ4v) is 11.5. The molecule has 0 aromatic heterocycles. The van der Waals surface area contributed by atoms with Crippen LogP contribution in [-0.2, 0) is 18.4 Å². The molecule has 8 bridgehead atoms. The number of benzene rings is 4. The van der Waals surface area contributed by atoms with Crippen LogP contribution in [0.5, 0.6) is 0 Å². The first-order chi connectivity index (χ1) is 32.0. The van der Waals surface area contributed by atoms with Gasteiger partial charge in [0.15, 0.2) is 0 Å². The number of nitro benzene ring substituents is 4. The fourth-order valence-electron chi connectivity index (χ4n) is 11.5. The molecule has 2 saturated carbocycles. The van der Waals surface area contributed by atoms with Crippen LogP contribution in [-0.4, -0.2) is 25.4 Å². The van der Waals surface area contributed by atoms with Crippen LogP contribution in [0.3, 0.4) is 0 Å². The van der Waals surface area contributed by atoms with E-state index in [0.717, 1.165) is 87.0 Å². The first-order valence-electron chi connectivity index (χ1n) is 23.9. The Morgan fingerprint density at radius 2 is 0.955 bits per heavy atom. The molecule has 0 spiro atoms. The highest BCUT2D eigenvalue weighted by atomic mass is 16.6. The molecule has 0 aliphatic heterocycles. The molecule has 10 aliphatic rings. The topological polar surface area (TPSA) is 221 Å². The molecule has 0 amide bonds. The molecule has 66 heavy (non-hydrogen) atoms. The van der Waals surface area contributed by atoms with E-state index >= 15 is 0 Å². The number of non-ortho nitro benzene ring substituents is 2. The summed E-state index contributed by atoms with van der Waals surface area (Å²) in [6.45, 7) is 0. The van der Waals surface area contributed by atoms with Crippen LogP contribution in [0.1, 0.15) is 131 Å². The highest BCUT2D eigenvalue weighted by molar-refractivity contribution is 6.03. The van der Waals surface area contributed by atoms with E-state index < -0.39 is 53.9 Å². The van der Waals surface area contributed by atoms with Gasteiger partial charge in [0.1, 0.15) is 11.4 Å². The van der Waals surface area contributed by atoms with Gasteiger partial charge in [0.25, 0.3) is 11.4 Å². The predicted molar refractivity (Wildman–Crippen MR) is 254 cm³/mol. The van der Waals surface area contributed by atoms with Gasteiger partial charge in [0.2, 0.25) is 0 Å². The van der Waals surface area contributed by atoms with Crippen LogP contribution >= 0.6 is 0 Å². The zero-order chi connectivity index (χ0) is 46.2. The van der Waals surface area contributed by atoms with Gasteiger partial charge < -0.3 is 5.43 Å². The molecule has 3 N–H and O–H groups in total. The Kier molecular flexibility index (Phi) is 14.6. The van der Waals surface area contributed by atoms with Crippen LogP contribution in [0.2, 0.25) is 0 Å². The third-order valence-electron chi connectivity index (χ3n) is 15.3.